The molecule has 0 aliphatic carbocycles. The van der Waals surface area contributed by atoms with Gasteiger partial charge in [-0.3, -0.25) is 0 Å². The van der Waals surface area contributed by atoms with Crippen molar-refractivity contribution in [1.29, 1.82) is 0 Å². The van der Waals surface area contributed by atoms with Crippen LogP contribution < -0.4 is 0 Å². The molecule has 0 unspecified atom stereocenters. The maximum atomic E-state index is 6.37. The zero-order valence-corrected chi connectivity index (χ0v) is 10.1. The van der Waals surface area contributed by atoms with Crippen LogP contribution in [-0.2, 0) is 6.54 Å². The summed E-state index contributed by atoms with van der Waals surface area (Å²) in [7, 11) is 0. The molecule has 0 fully saturated rings. The number of halogens is 1. The molecule has 0 aliphatic heterocycles. The van der Waals surface area contributed by atoms with Gasteiger partial charge in [0.2, 0.25) is 0 Å². The number of benzene rings is 1. The van der Waals surface area contributed by atoms with Gasteiger partial charge in [-0.1, -0.05) is 29.8 Å². The Morgan fingerprint density at radius 2 is 1.81 bits per heavy atom. The first-order valence-corrected chi connectivity index (χ1v) is 6.31. The molecule has 3 heteroatoms. The Bertz CT molecular complexity index is 610. The second kappa shape index (κ2) is 3.96. The highest BCUT2D eigenvalue weighted by molar-refractivity contribution is 7.19. The first-order valence-electron chi connectivity index (χ1n) is 5.11. The smallest absolute Gasteiger partial charge is 0.0642 e. The number of fused-ring (bicyclic) bond motifs is 1. The van der Waals surface area contributed by atoms with Crippen molar-refractivity contribution in [1.82, 2.24) is 4.57 Å². The Kier molecular flexibility index (Phi) is 2.46. The van der Waals surface area contributed by atoms with E-state index in [0.29, 0.717) is 0 Å². The zero-order valence-electron chi connectivity index (χ0n) is 8.56. The van der Waals surface area contributed by atoms with E-state index >= 15 is 0 Å². The molecule has 1 nitrogen and oxygen atoms in total. The fourth-order valence-electron chi connectivity index (χ4n) is 1.81. The third kappa shape index (κ3) is 1.64. The van der Waals surface area contributed by atoms with Crippen LogP contribution in [0.5, 0.6) is 0 Å². The van der Waals surface area contributed by atoms with E-state index in [4.69, 9.17) is 11.6 Å². The standard InChI is InChI=1S/C13H10ClNS/c14-13-10-5-1-2-6-11(10)16-12(13)9-15-7-3-4-8-15/h1-8H,9H2. The van der Waals surface area contributed by atoms with Crippen LogP contribution >= 0.6 is 22.9 Å². The second-order valence-electron chi connectivity index (χ2n) is 3.69. The minimum Gasteiger partial charge on any atom is -0.349 e. The lowest BCUT2D eigenvalue weighted by molar-refractivity contribution is 0.820. The highest BCUT2D eigenvalue weighted by Gasteiger charge is 2.09. The fraction of sp³-hybridized carbons (Fsp3) is 0.0769. The fourth-order valence-corrected chi connectivity index (χ4v) is 3.31. The Hall–Kier alpha value is -1.25. The second-order valence-corrected chi connectivity index (χ2v) is 5.21. The maximum absolute atomic E-state index is 6.37. The summed E-state index contributed by atoms with van der Waals surface area (Å²) in [5.41, 5.74) is 0. The van der Waals surface area contributed by atoms with Crippen LogP contribution in [0.25, 0.3) is 10.1 Å². The van der Waals surface area contributed by atoms with Crippen LogP contribution in [-0.4, -0.2) is 4.57 Å². The first-order chi connectivity index (χ1) is 7.84. The molecule has 3 aromatic rings. The summed E-state index contributed by atoms with van der Waals surface area (Å²) in [6.45, 7) is 0.852. The third-order valence-electron chi connectivity index (χ3n) is 2.59. The molecule has 0 saturated heterocycles. The van der Waals surface area contributed by atoms with Crippen molar-refractivity contribution < 1.29 is 0 Å². The Morgan fingerprint density at radius 3 is 2.56 bits per heavy atom. The molecule has 0 amide bonds. The van der Waals surface area contributed by atoms with E-state index in [-0.39, 0.29) is 0 Å². The van der Waals surface area contributed by atoms with Crippen molar-refractivity contribution in [2.75, 3.05) is 0 Å². The van der Waals surface area contributed by atoms with Gasteiger partial charge in [-0.15, -0.1) is 11.3 Å². The summed E-state index contributed by atoms with van der Waals surface area (Å²) in [6, 6.07) is 12.3. The number of rotatable bonds is 2. The van der Waals surface area contributed by atoms with Gasteiger partial charge < -0.3 is 4.57 Å². The van der Waals surface area contributed by atoms with Gasteiger partial charge in [-0.2, -0.15) is 0 Å². The Morgan fingerprint density at radius 1 is 1.06 bits per heavy atom. The highest BCUT2D eigenvalue weighted by atomic mass is 35.5. The molecule has 0 atom stereocenters. The highest BCUT2D eigenvalue weighted by Crippen LogP contribution is 2.35. The van der Waals surface area contributed by atoms with Gasteiger partial charge in [0.25, 0.3) is 0 Å². The minimum atomic E-state index is 0.852. The molecule has 1 aromatic carbocycles. The van der Waals surface area contributed by atoms with Gasteiger partial charge in [0.1, 0.15) is 0 Å². The lowest BCUT2D eigenvalue weighted by Gasteiger charge is -1.99. The normalized spacial score (nSPS) is 11.1. The van der Waals surface area contributed by atoms with Crippen molar-refractivity contribution in [2.24, 2.45) is 0 Å². The van der Waals surface area contributed by atoms with Gasteiger partial charge in [0.05, 0.1) is 11.6 Å². The summed E-state index contributed by atoms with van der Waals surface area (Å²) in [5, 5.41) is 2.06. The van der Waals surface area contributed by atoms with Gasteiger partial charge in [-0.05, 0) is 18.2 Å². The van der Waals surface area contributed by atoms with Crippen molar-refractivity contribution in [3.63, 3.8) is 0 Å². The quantitative estimate of drug-likeness (QED) is 0.632. The van der Waals surface area contributed by atoms with E-state index in [1.54, 1.807) is 11.3 Å². The van der Waals surface area contributed by atoms with Gasteiger partial charge in [-0.25, -0.2) is 0 Å². The Balaban J connectivity index is 2.07. The largest absolute Gasteiger partial charge is 0.349 e. The third-order valence-corrected chi connectivity index (χ3v) is 4.29. The van der Waals surface area contributed by atoms with Crippen LogP contribution in [0.3, 0.4) is 0 Å². The number of thiophene rings is 1. The number of nitrogens with zero attached hydrogens (tertiary/aromatic N) is 1. The Labute approximate surface area is 103 Å². The van der Waals surface area contributed by atoms with E-state index in [1.807, 2.05) is 18.2 Å². The van der Waals surface area contributed by atoms with Crippen molar-refractivity contribution in [2.45, 2.75) is 6.54 Å². The first kappa shape index (κ1) is 9.94. The molecule has 0 saturated carbocycles. The molecule has 3 rings (SSSR count). The maximum Gasteiger partial charge on any atom is 0.0642 e. The van der Waals surface area contributed by atoms with Crippen LogP contribution in [0.2, 0.25) is 5.02 Å². The van der Waals surface area contributed by atoms with Crippen LogP contribution in [0.1, 0.15) is 4.88 Å². The molecule has 2 aromatic heterocycles. The van der Waals surface area contributed by atoms with E-state index in [9.17, 15) is 0 Å². The average molecular weight is 248 g/mol. The van der Waals surface area contributed by atoms with Gasteiger partial charge in [0.15, 0.2) is 0 Å². The van der Waals surface area contributed by atoms with Crippen LogP contribution in [0.15, 0.2) is 48.8 Å². The monoisotopic (exact) mass is 247 g/mol. The summed E-state index contributed by atoms with van der Waals surface area (Å²) in [5.74, 6) is 0. The summed E-state index contributed by atoms with van der Waals surface area (Å²) in [6.07, 6.45) is 4.11. The number of hydrogen-bond donors (Lipinski definition) is 0. The number of hydrogen-bond acceptors (Lipinski definition) is 1. The average Bonchev–Trinajstić information content (AvgIpc) is 2.90. The molecule has 0 radical (unpaired) electrons. The molecular formula is C13H10ClNS. The molecule has 80 valence electrons. The summed E-state index contributed by atoms with van der Waals surface area (Å²) >= 11 is 8.14. The number of aromatic nitrogens is 1. The van der Waals surface area contributed by atoms with Crippen LogP contribution in [0.4, 0.5) is 0 Å². The predicted molar refractivity (Wildman–Crippen MR) is 70.4 cm³/mol. The van der Waals surface area contributed by atoms with Gasteiger partial charge in [0, 0.05) is 27.4 Å². The molecule has 0 N–H and O–H groups in total. The van der Waals surface area contributed by atoms with Crippen molar-refractivity contribution >= 4 is 33.0 Å². The van der Waals surface area contributed by atoms with Crippen molar-refractivity contribution in [3.05, 3.63) is 58.7 Å². The molecule has 0 aliphatic rings. The minimum absolute atomic E-state index is 0.852. The summed E-state index contributed by atoms with van der Waals surface area (Å²) in [4.78, 5) is 1.22. The SMILES string of the molecule is Clc1c(Cn2cccc2)sc2ccccc12. The zero-order chi connectivity index (χ0) is 11.0. The topological polar surface area (TPSA) is 4.93 Å². The van der Waals surface area contributed by atoms with E-state index in [2.05, 4.69) is 35.2 Å². The molecule has 0 bridgehead atoms. The lowest BCUT2D eigenvalue weighted by atomic mass is 10.2. The van der Waals surface area contributed by atoms with Crippen molar-refractivity contribution in [3.8, 4) is 0 Å². The molecular weight excluding hydrogens is 238 g/mol. The molecule has 16 heavy (non-hydrogen) atoms. The molecule has 0 spiro atoms. The predicted octanol–water partition coefficient (Wildman–Crippen LogP) is 4.40. The van der Waals surface area contributed by atoms with E-state index in [1.165, 1.54) is 9.58 Å². The van der Waals surface area contributed by atoms with Crippen LogP contribution in [0, 0.1) is 0 Å². The van der Waals surface area contributed by atoms with Gasteiger partial charge >= 0.3 is 0 Å². The lowest BCUT2D eigenvalue weighted by Crippen LogP contribution is -1.93. The summed E-state index contributed by atoms with van der Waals surface area (Å²) < 4.78 is 3.39. The van der Waals surface area contributed by atoms with E-state index in [0.717, 1.165) is 17.0 Å². The molecule has 2 heterocycles. The van der Waals surface area contributed by atoms with E-state index < -0.39 is 0 Å².